The maximum Gasteiger partial charge on any atom is 0.242 e. The molecule has 0 aromatic heterocycles. The van der Waals surface area contributed by atoms with Gasteiger partial charge in [-0.2, -0.15) is 0 Å². The number of thioether (sulfide) groups is 1. The van der Waals surface area contributed by atoms with Gasteiger partial charge in [0.2, 0.25) is 21.9 Å². The Balaban J connectivity index is 0.00000324. The number of hydrogen-bond acceptors (Lipinski definition) is 6. The van der Waals surface area contributed by atoms with Gasteiger partial charge in [-0.15, -0.1) is 24.2 Å². The maximum absolute atomic E-state index is 11.8. The number of halogens is 1. The van der Waals surface area contributed by atoms with Crippen molar-refractivity contribution >= 4 is 46.1 Å². The highest BCUT2D eigenvalue weighted by Gasteiger charge is 2.23. The van der Waals surface area contributed by atoms with Crippen LogP contribution < -0.4 is 16.2 Å². The molecule has 11 heteroatoms. The van der Waals surface area contributed by atoms with Gasteiger partial charge in [0.05, 0.1) is 18.7 Å². The van der Waals surface area contributed by atoms with Crippen molar-refractivity contribution < 1.29 is 13.2 Å². The van der Waals surface area contributed by atoms with Gasteiger partial charge in [-0.1, -0.05) is 0 Å². The molecule has 19 heavy (non-hydrogen) atoms. The summed E-state index contributed by atoms with van der Waals surface area (Å²) in [6.07, 6.45) is 0.960. The molecule has 1 unspecified atom stereocenters. The van der Waals surface area contributed by atoms with Crippen LogP contribution >= 0.6 is 24.2 Å². The summed E-state index contributed by atoms with van der Waals surface area (Å²) in [5.41, 5.74) is 11.0. The van der Waals surface area contributed by atoms with Crippen molar-refractivity contribution in [2.24, 2.45) is 16.5 Å². The Hall–Kier alpha value is -0.710. The molecule has 8 nitrogen and oxygen atoms in total. The Labute approximate surface area is 122 Å². The van der Waals surface area contributed by atoms with Crippen LogP contribution in [0.2, 0.25) is 0 Å². The van der Waals surface area contributed by atoms with Crippen LogP contribution in [0.5, 0.6) is 0 Å². The number of carbonyl (C=O) groups excluding carboxylic acids is 1. The molecular weight excluding hydrogens is 314 g/mol. The molecule has 0 radical (unpaired) electrons. The molecule has 0 aromatic carbocycles. The zero-order valence-electron chi connectivity index (χ0n) is 10.4. The van der Waals surface area contributed by atoms with Gasteiger partial charge in [0, 0.05) is 12.3 Å². The molecule has 1 saturated heterocycles. The van der Waals surface area contributed by atoms with E-state index in [2.05, 4.69) is 4.99 Å². The van der Waals surface area contributed by atoms with Gasteiger partial charge in [-0.05, 0) is 0 Å². The monoisotopic (exact) mass is 331 g/mol. The first kappa shape index (κ1) is 18.3. The van der Waals surface area contributed by atoms with Crippen LogP contribution in [0.15, 0.2) is 4.99 Å². The van der Waals surface area contributed by atoms with Crippen molar-refractivity contribution in [3.63, 3.8) is 0 Å². The maximum atomic E-state index is 11.8. The lowest BCUT2D eigenvalue weighted by molar-refractivity contribution is -0.130. The molecule has 1 rings (SSSR count). The van der Waals surface area contributed by atoms with Crippen molar-refractivity contribution in [2.75, 3.05) is 31.0 Å². The van der Waals surface area contributed by atoms with E-state index >= 15 is 0 Å². The minimum atomic E-state index is -3.45. The minimum Gasteiger partial charge on any atom is -0.369 e. The number of sulfonamides is 1. The van der Waals surface area contributed by atoms with Crippen LogP contribution in [0.4, 0.5) is 0 Å². The summed E-state index contributed by atoms with van der Waals surface area (Å²) in [6, 6.07) is -0.802. The van der Waals surface area contributed by atoms with E-state index in [4.69, 9.17) is 11.5 Å². The molecule has 1 atom stereocenters. The van der Waals surface area contributed by atoms with Crippen molar-refractivity contribution in [3.8, 4) is 0 Å². The van der Waals surface area contributed by atoms with Crippen molar-refractivity contribution in [3.05, 3.63) is 0 Å². The van der Waals surface area contributed by atoms with E-state index in [0.29, 0.717) is 12.4 Å². The van der Waals surface area contributed by atoms with E-state index in [9.17, 15) is 13.2 Å². The van der Waals surface area contributed by atoms with E-state index in [-0.39, 0.29) is 30.8 Å². The van der Waals surface area contributed by atoms with E-state index in [0.717, 1.165) is 12.0 Å². The third-order valence-electron chi connectivity index (χ3n) is 2.13. The van der Waals surface area contributed by atoms with Crippen LogP contribution in [-0.4, -0.2) is 62.2 Å². The zero-order valence-corrected chi connectivity index (χ0v) is 12.9. The average molecular weight is 332 g/mol. The van der Waals surface area contributed by atoms with Gasteiger partial charge in [0.25, 0.3) is 0 Å². The van der Waals surface area contributed by atoms with Crippen molar-refractivity contribution in [1.29, 1.82) is 0 Å². The number of hydrogen-bond donors (Lipinski definition) is 3. The Morgan fingerprint density at radius 1 is 1.58 bits per heavy atom. The van der Waals surface area contributed by atoms with Crippen molar-refractivity contribution in [2.45, 2.75) is 6.04 Å². The van der Waals surface area contributed by atoms with Crippen LogP contribution in [0.25, 0.3) is 0 Å². The molecule has 1 heterocycles. The van der Waals surface area contributed by atoms with Crippen molar-refractivity contribution in [1.82, 2.24) is 9.62 Å². The van der Waals surface area contributed by atoms with Gasteiger partial charge in [0.15, 0.2) is 0 Å². The van der Waals surface area contributed by atoms with E-state index in [1.54, 1.807) is 16.7 Å². The highest BCUT2D eigenvalue weighted by Crippen LogP contribution is 2.13. The SMILES string of the molecule is CS(=O)(=O)NC(N)=NCC(N)C(=O)N1CCSC1.Cl. The predicted molar refractivity (Wildman–Crippen MR) is 78.7 cm³/mol. The van der Waals surface area contributed by atoms with Gasteiger partial charge in [0.1, 0.15) is 6.04 Å². The summed E-state index contributed by atoms with van der Waals surface area (Å²) in [4.78, 5) is 17.2. The summed E-state index contributed by atoms with van der Waals surface area (Å²) in [7, 11) is -3.45. The second kappa shape index (κ2) is 7.78. The van der Waals surface area contributed by atoms with Crippen LogP contribution in [0.3, 0.4) is 0 Å². The predicted octanol–water partition coefficient (Wildman–Crippen LogP) is -1.87. The first-order valence-corrected chi connectivity index (χ1v) is 8.24. The lowest BCUT2D eigenvalue weighted by Crippen LogP contribution is -2.45. The molecule has 5 N–H and O–H groups in total. The average Bonchev–Trinajstić information content (AvgIpc) is 2.75. The van der Waals surface area contributed by atoms with E-state index in [1.807, 2.05) is 4.72 Å². The molecule has 1 aliphatic heterocycles. The van der Waals surface area contributed by atoms with Crippen LogP contribution in [0.1, 0.15) is 0 Å². The summed E-state index contributed by atoms with van der Waals surface area (Å²) in [5, 5.41) is 0. The first-order valence-electron chi connectivity index (χ1n) is 5.19. The van der Waals surface area contributed by atoms with Gasteiger partial charge >= 0.3 is 0 Å². The number of amides is 1. The lowest BCUT2D eigenvalue weighted by atomic mass is 10.3. The summed E-state index contributed by atoms with van der Waals surface area (Å²) in [5.74, 6) is 1.07. The topological polar surface area (TPSA) is 131 Å². The fraction of sp³-hybridized carbons (Fsp3) is 0.750. The Kier molecular flexibility index (Phi) is 7.49. The summed E-state index contributed by atoms with van der Waals surface area (Å²) >= 11 is 1.66. The smallest absolute Gasteiger partial charge is 0.242 e. The standard InChI is InChI=1S/C8H17N5O3S2.ClH/c1-18(15,16)12-8(10)11-4-6(9)7(14)13-2-3-17-5-13;/h6H,2-5,9H2,1H3,(H3,10,11,12);1H. The second-order valence-corrected chi connectivity index (χ2v) is 6.67. The zero-order chi connectivity index (χ0) is 13.8. The Morgan fingerprint density at radius 2 is 2.21 bits per heavy atom. The molecule has 112 valence electrons. The lowest BCUT2D eigenvalue weighted by Gasteiger charge is -2.18. The van der Waals surface area contributed by atoms with Gasteiger partial charge in [-0.3, -0.25) is 14.5 Å². The molecule has 0 spiro atoms. The van der Waals surface area contributed by atoms with Crippen LogP contribution in [0, 0.1) is 0 Å². The highest BCUT2D eigenvalue weighted by molar-refractivity contribution is 7.99. The molecule has 0 aromatic rings. The molecule has 0 bridgehead atoms. The summed E-state index contributed by atoms with van der Waals surface area (Å²) in [6.45, 7) is 0.631. The highest BCUT2D eigenvalue weighted by atomic mass is 35.5. The number of nitrogens with two attached hydrogens (primary N) is 2. The number of nitrogens with zero attached hydrogens (tertiary/aromatic N) is 2. The van der Waals surface area contributed by atoms with E-state index in [1.165, 1.54) is 0 Å². The van der Waals surface area contributed by atoms with Gasteiger partial charge < -0.3 is 16.4 Å². The fourth-order valence-corrected chi connectivity index (χ4v) is 2.72. The number of guanidine groups is 1. The minimum absolute atomic E-state index is 0. The first-order chi connectivity index (χ1) is 8.29. The van der Waals surface area contributed by atoms with Gasteiger partial charge in [-0.25, -0.2) is 8.42 Å². The number of aliphatic imine (C=N–C) groups is 1. The molecule has 1 fully saturated rings. The largest absolute Gasteiger partial charge is 0.369 e. The van der Waals surface area contributed by atoms with E-state index < -0.39 is 16.1 Å². The molecular formula is C8H18ClN5O3S2. The number of carbonyl (C=O) groups is 1. The molecule has 1 aliphatic rings. The second-order valence-electron chi connectivity index (χ2n) is 3.85. The third kappa shape index (κ3) is 6.85. The number of nitrogens with one attached hydrogen (secondary N) is 1. The van der Waals surface area contributed by atoms with Crippen LogP contribution in [-0.2, 0) is 14.8 Å². The summed E-state index contributed by atoms with van der Waals surface area (Å²) < 4.78 is 23.7. The molecule has 0 saturated carbocycles. The number of rotatable bonds is 4. The fourth-order valence-electron chi connectivity index (χ4n) is 1.32. The molecule has 0 aliphatic carbocycles. The third-order valence-corrected chi connectivity index (χ3v) is 3.68. The normalized spacial score (nSPS) is 17.8. The Morgan fingerprint density at radius 3 is 2.68 bits per heavy atom. The Bertz CT molecular complexity index is 436. The quantitative estimate of drug-likeness (QED) is 0.408. The molecule has 1 amide bonds.